The van der Waals surface area contributed by atoms with Gasteiger partial charge < -0.3 is 15.8 Å². The second-order valence-corrected chi connectivity index (χ2v) is 6.60. The van der Waals surface area contributed by atoms with E-state index >= 15 is 0 Å². The average Bonchev–Trinajstić information content (AvgIpc) is 2.76. The van der Waals surface area contributed by atoms with Crippen molar-refractivity contribution in [2.75, 3.05) is 19.0 Å². The van der Waals surface area contributed by atoms with Gasteiger partial charge in [0.25, 0.3) is 6.41 Å². The maximum absolute atomic E-state index is 8.69. The molecule has 8 nitrogen and oxygen atoms in total. The molecule has 2 rings (SSSR count). The number of aryl methyl sites for hydroxylation is 2. The third-order valence-corrected chi connectivity index (χ3v) is 3.62. The minimum Gasteiger partial charge on any atom is -0.482 e. The monoisotopic (exact) mass is 427 g/mol. The topological polar surface area (TPSA) is 118 Å². The van der Waals surface area contributed by atoms with Gasteiger partial charge in [0.1, 0.15) is 0 Å². The standard InChI is InChI=1S/C15H24N4O.C7H8.CHNO2/c1-5-6-17-14-8-11(2)7-13(9-14)10-18-19-15(20-4)12(3)16;1-7-5-3-2-4-6-7;3-1-2-4/h7-10,12,17H,5-6,16H2,1-4H3;2-6H,1H3;1H/b18-10+,19-15-;;. The van der Waals surface area contributed by atoms with Crippen molar-refractivity contribution >= 4 is 24.2 Å². The smallest absolute Gasteiger partial charge is 0.274 e. The van der Waals surface area contributed by atoms with Crippen molar-refractivity contribution in [3.05, 3.63) is 70.1 Å². The van der Waals surface area contributed by atoms with Gasteiger partial charge in [-0.1, -0.05) is 48.9 Å². The van der Waals surface area contributed by atoms with Crippen molar-refractivity contribution in [3.63, 3.8) is 0 Å². The lowest BCUT2D eigenvalue weighted by atomic mass is 10.1. The van der Waals surface area contributed by atoms with Gasteiger partial charge in [0.2, 0.25) is 5.90 Å². The Balaban J connectivity index is 0.000000666. The maximum atomic E-state index is 8.69. The molecule has 168 valence electrons. The quantitative estimate of drug-likeness (QED) is 0.222. The summed E-state index contributed by atoms with van der Waals surface area (Å²) in [6.07, 6.45) is 2.73. The Labute approximate surface area is 184 Å². The van der Waals surface area contributed by atoms with E-state index in [1.54, 1.807) is 18.3 Å². The molecule has 8 heteroatoms. The number of carbonyl (C=O) groups excluding carboxylic acids is 1. The highest BCUT2D eigenvalue weighted by Crippen LogP contribution is 2.13. The Morgan fingerprint density at radius 2 is 1.81 bits per heavy atom. The number of hydrogen-bond acceptors (Lipinski definition) is 7. The zero-order chi connectivity index (χ0) is 23.5. The normalized spacial score (nSPS) is 11.4. The Morgan fingerprint density at radius 1 is 1.16 bits per heavy atom. The minimum atomic E-state index is -0.267. The van der Waals surface area contributed by atoms with E-state index in [0.717, 1.165) is 24.2 Å². The van der Waals surface area contributed by atoms with Crippen molar-refractivity contribution in [3.8, 4) is 0 Å². The van der Waals surface area contributed by atoms with Gasteiger partial charge >= 0.3 is 0 Å². The van der Waals surface area contributed by atoms with Gasteiger partial charge in [-0.25, -0.2) is 0 Å². The molecular weight excluding hydrogens is 394 g/mol. The van der Waals surface area contributed by atoms with Crippen LogP contribution < -0.4 is 11.1 Å². The number of benzene rings is 2. The van der Waals surface area contributed by atoms with Crippen LogP contribution in [0, 0.1) is 18.8 Å². The number of rotatable bonds is 7. The molecule has 0 saturated carbocycles. The molecule has 1 atom stereocenters. The number of ether oxygens (including phenoxy) is 1. The zero-order valence-corrected chi connectivity index (χ0v) is 18.9. The Kier molecular flexibility index (Phi) is 15.6. The van der Waals surface area contributed by atoms with Gasteiger partial charge in [-0.3, -0.25) is 4.79 Å². The lowest BCUT2D eigenvalue weighted by molar-refractivity contribution is -0.106. The molecule has 31 heavy (non-hydrogen) atoms. The van der Waals surface area contributed by atoms with E-state index in [4.69, 9.17) is 20.2 Å². The number of amides is 1. The van der Waals surface area contributed by atoms with Crippen LogP contribution in [0.15, 0.2) is 63.9 Å². The van der Waals surface area contributed by atoms with Gasteiger partial charge in [0.15, 0.2) is 0 Å². The highest BCUT2D eigenvalue weighted by molar-refractivity contribution is 5.84. The number of nitroso groups, excluding NO2 is 1. The van der Waals surface area contributed by atoms with E-state index in [-0.39, 0.29) is 12.5 Å². The third-order valence-electron chi connectivity index (χ3n) is 3.62. The summed E-state index contributed by atoms with van der Waals surface area (Å²) in [6.45, 7) is 9.04. The molecule has 3 N–H and O–H groups in total. The Hall–Kier alpha value is -3.39. The van der Waals surface area contributed by atoms with Crippen molar-refractivity contribution in [1.82, 2.24) is 0 Å². The van der Waals surface area contributed by atoms with E-state index < -0.39 is 0 Å². The van der Waals surface area contributed by atoms with Crippen LogP contribution >= 0.6 is 0 Å². The molecule has 0 heterocycles. The highest BCUT2D eigenvalue weighted by Gasteiger charge is 2.03. The molecule has 0 radical (unpaired) electrons. The van der Waals surface area contributed by atoms with Crippen LogP contribution in [0.2, 0.25) is 0 Å². The molecule has 1 unspecified atom stereocenters. The summed E-state index contributed by atoms with van der Waals surface area (Å²) in [5.74, 6) is 0.415. The van der Waals surface area contributed by atoms with Gasteiger partial charge in [-0.15, -0.1) is 10.0 Å². The lowest BCUT2D eigenvalue weighted by Gasteiger charge is -2.07. The van der Waals surface area contributed by atoms with E-state index in [2.05, 4.69) is 60.6 Å². The molecule has 0 aliphatic carbocycles. The van der Waals surface area contributed by atoms with Gasteiger partial charge in [-0.2, -0.15) is 5.10 Å². The number of nitrogens with two attached hydrogens (primary N) is 1. The highest BCUT2D eigenvalue weighted by atomic mass is 16.5. The molecule has 0 bridgehead atoms. The van der Waals surface area contributed by atoms with E-state index in [1.807, 2.05) is 24.3 Å². The van der Waals surface area contributed by atoms with Crippen molar-refractivity contribution < 1.29 is 9.53 Å². The van der Waals surface area contributed by atoms with E-state index in [0.29, 0.717) is 5.90 Å². The van der Waals surface area contributed by atoms with Crippen LogP contribution in [0.5, 0.6) is 0 Å². The first-order chi connectivity index (χ1) is 14.9. The molecule has 2 aromatic carbocycles. The Morgan fingerprint density at radius 3 is 2.26 bits per heavy atom. The molecule has 0 aliphatic rings. The summed E-state index contributed by atoms with van der Waals surface area (Å²) >= 11 is 0. The van der Waals surface area contributed by atoms with Crippen LogP contribution in [0.3, 0.4) is 0 Å². The summed E-state index contributed by atoms with van der Waals surface area (Å²) in [5, 5.41) is 13.2. The molecule has 0 fully saturated rings. The van der Waals surface area contributed by atoms with Crippen LogP contribution in [0.25, 0.3) is 0 Å². The van der Waals surface area contributed by atoms with Crippen molar-refractivity contribution in [1.29, 1.82) is 0 Å². The van der Waals surface area contributed by atoms with Gasteiger partial charge in [0.05, 0.1) is 19.4 Å². The second-order valence-electron chi connectivity index (χ2n) is 6.60. The molecule has 1 amide bonds. The summed E-state index contributed by atoms with van der Waals surface area (Å²) in [5.41, 5.74) is 10.3. The molecule has 2 aromatic rings. The number of methoxy groups -OCH3 is 1. The summed E-state index contributed by atoms with van der Waals surface area (Å²) < 4.78 is 5.05. The fourth-order valence-corrected chi connectivity index (χ4v) is 2.26. The van der Waals surface area contributed by atoms with Crippen LogP contribution in [0.1, 0.15) is 37.0 Å². The number of nitrogens with one attached hydrogen (secondary N) is 1. The summed E-state index contributed by atoms with van der Waals surface area (Å²) in [6, 6.07) is 16.2. The fraction of sp³-hybridized carbons (Fsp3) is 0.348. The van der Waals surface area contributed by atoms with Crippen molar-refractivity contribution in [2.45, 2.75) is 40.2 Å². The predicted molar refractivity (Wildman–Crippen MR) is 129 cm³/mol. The minimum absolute atomic E-state index is 0.0556. The molecular formula is C23H33N5O3. The first-order valence-electron chi connectivity index (χ1n) is 9.91. The number of nitrogens with zero attached hydrogens (tertiary/aromatic N) is 3. The molecule has 0 aromatic heterocycles. The largest absolute Gasteiger partial charge is 0.482 e. The fourth-order valence-electron chi connectivity index (χ4n) is 2.26. The second kappa shape index (κ2) is 17.5. The van der Waals surface area contributed by atoms with E-state index in [1.165, 1.54) is 18.2 Å². The number of anilines is 1. The van der Waals surface area contributed by atoms with Gasteiger partial charge in [-0.05, 0) is 50.5 Å². The van der Waals surface area contributed by atoms with Gasteiger partial charge in [0, 0.05) is 17.4 Å². The molecule has 0 spiro atoms. The first-order valence-corrected chi connectivity index (χ1v) is 9.91. The molecule has 0 aliphatic heterocycles. The SMILES string of the molecule is CCCNc1cc(C)cc(/C=N/N=C(\OC)C(C)N)c1.Cc1ccccc1.O=CN=O. The van der Waals surface area contributed by atoms with Crippen molar-refractivity contribution in [2.24, 2.45) is 21.1 Å². The van der Waals surface area contributed by atoms with Crippen LogP contribution in [0.4, 0.5) is 5.69 Å². The number of carbonyl (C=O) groups is 1. The molecule has 0 saturated heterocycles. The number of hydrogen-bond donors (Lipinski definition) is 2. The van der Waals surface area contributed by atoms with Crippen LogP contribution in [-0.2, 0) is 9.53 Å². The maximum Gasteiger partial charge on any atom is 0.274 e. The lowest BCUT2D eigenvalue weighted by Crippen LogP contribution is -2.27. The zero-order valence-electron chi connectivity index (χ0n) is 18.9. The summed E-state index contributed by atoms with van der Waals surface area (Å²) in [4.78, 5) is 17.2. The van der Waals surface area contributed by atoms with E-state index in [9.17, 15) is 0 Å². The third kappa shape index (κ3) is 14.3. The Bertz CT molecular complexity index is 815. The predicted octanol–water partition coefficient (Wildman–Crippen LogP) is 4.45. The first kappa shape index (κ1) is 27.6. The average molecular weight is 428 g/mol. The summed E-state index contributed by atoms with van der Waals surface area (Å²) in [7, 11) is 1.54. The van der Waals surface area contributed by atoms with Crippen LogP contribution in [-0.4, -0.2) is 38.2 Å².